The summed E-state index contributed by atoms with van der Waals surface area (Å²) in [6.07, 6.45) is 5.74. The van der Waals surface area contributed by atoms with Crippen molar-refractivity contribution in [2.75, 3.05) is 5.32 Å². The van der Waals surface area contributed by atoms with Crippen LogP contribution in [0.25, 0.3) is 11.2 Å². The van der Waals surface area contributed by atoms with Crippen molar-refractivity contribution in [3.05, 3.63) is 56.5 Å². The monoisotopic (exact) mass is 386 g/mol. The maximum atomic E-state index is 13.3. The van der Waals surface area contributed by atoms with E-state index in [9.17, 15) is 14.0 Å². The first-order chi connectivity index (χ1) is 13.5. The average molecular weight is 386 g/mol. The van der Waals surface area contributed by atoms with Crippen LogP contribution >= 0.6 is 0 Å². The average Bonchev–Trinajstić information content (AvgIpc) is 3.05. The molecule has 2 N–H and O–H groups in total. The molecular formula is C20H25FN5O2+. The number of rotatable bonds is 4. The predicted molar refractivity (Wildman–Crippen MR) is 105 cm³/mol. The Kier molecular flexibility index (Phi) is 4.78. The summed E-state index contributed by atoms with van der Waals surface area (Å²) < 4.78 is 17.7. The van der Waals surface area contributed by atoms with Crippen LogP contribution in [0.3, 0.4) is 0 Å². The first-order valence-corrected chi connectivity index (χ1v) is 9.68. The number of anilines is 1. The van der Waals surface area contributed by atoms with Gasteiger partial charge in [0.1, 0.15) is 5.82 Å². The normalized spacial score (nSPS) is 15.2. The Hall–Kier alpha value is -2.90. The van der Waals surface area contributed by atoms with Crippen LogP contribution in [0, 0.1) is 5.82 Å². The quantitative estimate of drug-likeness (QED) is 0.671. The first kappa shape index (κ1) is 18.5. The Bertz CT molecular complexity index is 1120. The van der Waals surface area contributed by atoms with Crippen LogP contribution in [0.2, 0.25) is 0 Å². The summed E-state index contributed by atoms with van der Waals surface area (Å²) in [5, 5.41) is 3.53. The molecule has 2 heterocycles. The largest absolute Gasteiger partial charge is 0.357 e. The van der Waals surface area contributed by atoms with Gasteiger partial charge in [-0.05, 0) is 30.5 Å². The lowest BCUT2D eigenvalue weighted by molar-refractivity contribution is -0.648. The van der Waals surface area contributed by atoms with E-state index in [-0.39, 0.29) is 17.1 Å². The molecule has 0 atom stereocenters. The number of nitrogens with one attached hydrogen (secondary N) is 2. The van der Waals surface area contributed by atoms with Crippen molar-refractivity contribution in [1.82, 2.24) is 14.1 Å². The third-order valence-corrected chi connectivity index (χ3v) is 5.62. The van der Waals surface area contributed by atoms with E-state index in [2.05, 4.69) is 10.3 Å². The number of hydrogen-bond acceptors (Lipinski definition) is 3. The van der Waals surface area contributed by atoms with Gasteiger partial charge in [-0.25, -0.2) is 18.7 Å². The number of imidazole rings is 1. The molecule has 0 amide bonds. The zero-order chi connectivity index (χ0) is 19.8. The third-order valence-electron chi connectivity index (χ3n) is 5.62. The molecule has 28 heavy (non-hydrogen) atoms. The summed E-state index contributed by atoms with van der Waals surface area (Å²) in [5.41, 5.74) is 1.04. The molecule has 2 aromatic heterocycles. The number of benzene rings is 1. The van der Waals surface area contributed by atoms with Gasteiger partial charge in [0.25, 0.3) is 5.56 Å². The summed E-state index contributed by atoms with van der Waals surface area (Å²) in [7, 11) is 3.13. The summed E-state index contributed by atoms with van der Waals surface area (Å²) in [4.78, 5) is 28.5. The molecule has 1 aromatic carbocycles. The standard InChI is InChI=1S/C20H24FN5O2/c1-24-17-16(18(27)25(2)20(24)28)26(12-13-8-10-14(21)11-9-13)19(23-17)22-15-6-4-3-5-7-15/h8-11,15H,3-7,12H2,1-2H3,(H,22,23,27)/p+1. The van der Waals surface area contributed by atoms with Crippen LogP contribution in [-0.4, -0.2) is 20.2 Å². The zero-order valence-corrected chi connectivity index (χ0v) is 16.2. The summed E-state index contributed by atoms with van der Waals surface area (Å²) in [6.45, 7) is 0.392. The van der Waals surface area contributed by atoms with Gasteiger partial charge in [-0.1, -0.05) is 31.4 Å². The van der Waals surface area contributed by atoms with Crippen molar-refractivity contribution in [2.24, 2.45) is 14.1 Å². The maximum Gasteiger partial charge on any atom is 0.357 e. The van der Waals surface area contributed by atoms with Gasteiger partial charge in [-0.3, -0.25) is 19.2 Å². The lowest BCUT2D eigenvalue weighted by Gasteiger charge is -2.19. The van der Waals surface area contributed by atoms with Gasteiger partial charge in [-0.2, -0.15) is 0 Å². The lowest BCUT2D eigenvalue weighted by Crippen LogP contribution is -2.45. The van der Waals surface area contributed by atoms with E-state index in [4.69, 9.17) is 0 Å². The molecule has 148 valence electrons. The molecule has 0 saturated heterocycles. The number of aryl methyl sites for hydroxylation is 1. The van der Waals surface area contributed by atoms with Crippen LogP contribution in [-0.2, 0) is 20.6 Å². The Morgan fingerprint density at radius 2 is 1.79 bits per heavy atom. The molecule has 1 aliphatic rings. The molecule has 4 rings (SSSR count). The Labute approximate surface area is 161 Å². The minimum Gasteiger partial charge on any atom is -0.275 e. The van der Waals surface area contributed by atoms with Gasteiger partial charge in [0, 0.05) is 14.1 Å². The maximum absolute atomic E-state index is 13.3. The Balaban J connectivity index is 1.87. The van der Waals surface area contributed by atoms with E-state index in [1.165, 1.54) is 43.0 Å². The van der Waals surface area contributed by atoms with Crippen LogP contribution in [0.4, 0.5) is 10.3 Å². The van der Waals surface area contributed by atoms with E-state index < -0.39 is 0 Å². The van der Waals surface area contributed by atoms with Crippen molar-refractivity contribution in [3.63, 3.8) is 0 Å². The summed E-state index contributed by atoms with van der Waals surface area (Å²) in [6, 6.07) is 6.55. The van der Waals surface area contributed by atoms with Gasteiger partial charge in [0.2, 0.25) is 11.2 Å². The second-order valence-electron chi connectivity index (χ2n) is 7.57. The van der Waals surface area contributed by atoms with Crippen LogP contribution < -0.4 is 21.1 Å². The number of halogens is 1. The number of hydrogen-bond donors (Lipinski definition) is 2. The molecule has 0 radical (unpaired) electrons. The highest BCUT2D eigenvalue weighted by molar-refractivity contribution is 5.67. The number of fused-ring (bicyclic) bond motifs is 1. The number of aromatic amines is 1. The van der Waals surface area contributed by atoms with E-state index in [0.29, 0.717) is 29.7 Å². The molecular weight excluding hydrogens is 361 g/mol. The van der Waals surface area contributed by atoms with E-state index >= 15 is 0 Å². The highest BCUT2D eigenvalue weighted by Gasteiger charge is 2.27. The molecule has 1 saturated carbocycles. The van der Waals surface area contributed by atoms with Gasteiger partial charge in [0.15, 0.2) is 0 Å². The molecule has 0 bridgehead atoms. The molecule has 1 fully saturated rings. The fourth-order valence-electron chi connectivity index (χ4n) is 3.99. The van der Waals surface area contributed by atoms with Crippen molar-refractivity contribution in [3.8, 4) is 0 Å². The van der Waals surface area contributed by atoms with Crippen LogP contribution in [0.15, 0.2) is 33.9 Å². The third kappa shape index (κ3) is 3.23. The second kappa shape index (κ2) is 7.26. The minimum absolute atomic E-state index is 0.299. The number of nitrogens with zero attached hydrogens (tertiary/aromatic N) is 3. The van der Waals surface area contributed by atoms with Crippen LogP contribution in [0.1, 0.15) is 37.7 Å². The SMILES string of the molecule is Cn1c(=O)c2c([nH]c(NC3CCCCC3)[n+]2Cc2ccc(F)cc2)n(C)c1=O. The predicted octanol–water partition coefficient (Wildman–Crippen LogP) is 1.78. The lowest BCUT2D eigenvalue weighted by atomic mass is 9.96. The van der Waals surface area contributed by atoms with Crippen molar-refractivity contribution < 1.29 is 8.96 Å². The molecule has 3 aromatic rings. The van der Waals surface area contributed by atoms with Crippen molar-refractivity contribution in [1.29, 1.82) is 0 Å². The summed E-state index contributed by atoms with van der Waals surface area (Å²) >= 11 is 0. The van der Waals surface area contributed by atoms with Gasteiger partial charge in [0.05, 0.1) is 12.6 Å². The van der Waals surface area contributed by atoms with Crippen molar-refractivity contribution >= 4 is 17.1 Å². The molecule has 0 spiro atoms. The highest BCUT2D eigenvalue weighted by Crippen LogP contribution is 2.21. The van der Waals surface area contributed by atoms with Gasteiger partial charge < -0.3 is 0 Å². The first-order valence-electron chi connectivity index (χ1n) is 9.68. The molecule has 0 unspecified atom stereocenters. The minimum atomic E-state index is -0.378. The number of aromatic nitrogens is 4. The molecule has 7 nitrogen and oxygen atoms in total. The van der Waals surface area contributed by atoms with Crippen LogP contribution in [0.5, 0.6) is 0 Å². The van der Waals surface area contributed by atoms with E-state index in [1.807, 2.05) is 4.57 Å². The topological polar surface area (TPSA) is 75.7 Å². The number of H-pyrrole nitrogens is 1. The van der Waals surface area contributed by atoms with E-state index in [1.54, 1.807) is 19.2 Å². The Morgan fingerprint density at radius 1 is 1.11 bits per heavy atom. The van der Waals surface area contributed by atoms with Gasteiger partial charge in [-0.15, -0.1) is 0 Å². The van der Waals surface area contributed by atoms with Gasteiger partial charge >= 0.3 is 11.6 Å². The fraction of sp³-hybridized carbons (Fsp3) is 0.450. The molecule has 8 heteroatoms. The molecule has 0 aliphatic heterocycles. The zero-order valence-electron chi connectivity index (χ0n) is 16.2. The second-order valence-corrected chi connectivity index (χ2v) is 7.57. The fourth-order valence-corrected chi connectivity index (χ4v) is 3.99. The van der Waals surface area contributed by atoms with Crippen molar-refractivity contribution in [2.45, 2.75) is 44.7 Å². The smallest absolute Gasteiger partial charge is 0.275 e. The summed E-state index contributed by atoms with van der Waals surface area (Å²) in [5.74, 6) is 0.399. The van der Waals surface area contributed by atoms with E-state index in [0.717, 1.165) is 23.0 Å². The highest BCUT2D eigenvalue weighted by atomic mass is 19.1. The molecule has 1 aliphatic carbocycles. The Morgan fingerprint density at radius 3 is 2.46 bits per heavy atom.